The van der Waals surface area contributed by atoms with Crippen LogP contribution in [-0.4, -0.2) is 35.6 Å². The zero-order valence-corrected chi connectivity index (χ0v) is 18.7. The van der Waals surface area contributed by atoms with Gasteiger partial charge in [0.25, 0.3) is 15.1 Å². The second-order valence-corrected chi connectivity index (χ2v) is 8.96. The number of benzene rings is 1. The third-order valence-corrected chi connectivity index (χ3v) is 5.51. The highest BCUT2D eigenvalue weighted by molar-refractivity contribution is 9.10. The first kappa shape index (κ1) is 23.3. The Morgan fingerprint density at radius 3 is 2.34 bits per heavy atom. The van der Waals surface area contributed by atoms with Gasteiger partial charge in [0.15, 0.2) is 0 Å². The van der Waals surface area contributed by atoms with E-state index in [0.717, 1.165) is 12.1 Å². The quantitative estimate of drug-likeness (QED) is 0.515. The van der Waals surface area contributed by atoms with Crippen molar-refractivity contribution in [2.45, 2.75) is 29.9 Å². The molecule has 1 aromatic heterocycles. The van der Waals surface area contributed by atoms with Gasteiger partial charge in [-0.15, -0.1) is 0 Å². The molecule has 1 atom stereocenters. The van der Waals surface area contributed by atoms with Gasteiger partial charge in [-0.3, -0.25) is 5.32 Å². The largest absolute Gasteiger partial charge is 0.440 e. The van der Waals surface area contributed by atoms with Crippen molar-refractivity contribution in [3.8, 4) is 5.75 Å². The van der Waals surface area contributed by atoms with Gasteiger partial charge in [-0.25, -0.2) is 32.3 Å². The molecule has 2 amide bonds. The second-order valence-electron chi connectivity index (χ2n) is 5.59. The number of nitrogens with zero attached hydrogens (tertiary/aromatic N) is 2. The van der Waals surface area contributed by atoms with Crippen molar-refractivity contribution in [3.63, 3.8) is 0 Å². The Morgan fingerprint density at radius 1 is 1.21 bits per heavy atom. The Balaban J connectivity index is 2.30. The highest BCUT2D eigenvalue weighted by Gasteiger charge is 2.43. The van der Waals surface area contributed by atoms with Gasteiger partial charge < -0.3 is 4.74 Å². The number of amides is 2. The minimum absolute atomic E-state index is 0.160. The highest BCUT2D eigenvalue weighted by Crippen LogP contribution is 2.34. The number of aryl methyl sites for hydroxylation is 2. The van der Waals surface area contributed by atoms with Gasteiger partial charge in [0, 0.05) is 15.9 Å². The molecule has 8 nitrogen and oxygen atoms in total. The van der Waals surface area contributed by atoms with Crippen LogP contribution in [0.2, 0.25) is 0 Å². The SMILES string of the molecule is Cc1cc(C)nc(NC(=O)NS(=O)(=O)c2cc(Br)ccc2OC(F)(F)C(F)Br)n1. The van der Waals surface area contributed by atoms with Crippen molar-refractivity contribution in [1.29, 1.82) is 0 Å². The summed E-state index contributed by atoms with van der Waals surface area (Å²) in [7, 11) is -4.69. The zero-order chi connectivity index (χ0) is 22.0. The predicted molar refractivity (Wildman–Crippen MR) is 104 cm³/mol. The molecule has 0 aliphatic heterocycles. The van der Waals surface area contributed by atoms with Gasteiger partial charge >= 0.3 is 12.1 Å². The standard InChI is InChI=1S/C15H13Br2F3N4O4S/c1-7-5-8(2)22-13(21-7)23-14(25)24-29(26,27)11-6-9(16)3-4-10(11)28-15(19,20)12(17)18/h3-6,12H,1-2H3,(H2,21,22,23,24,25). The van der Waals surface area contributed by atoms with E-state index >= 15 is 0 Å². The summed E-state index contributed by atoms with van der Waals surface area (Å²) in [5.74, 6) is -1.03. The molecule has 0 bridgehead atoms. The number of alkyl halides is 4. The Kier molecular flexibility index (Phi) is 7.11. The van der Waals surface area contributed by atoms with Crippen LogP contribution in [0, 0.1) is 13.8 Å². The van der Waals surface area contributed by atoms with Crippen molar-refractivity contribution in [2.75, 3.05) is 5.32 Å². The highest BCUT2D eigenvalue weighted by atomic mass is 79.9. The van der Waals surface area contributed by atoms with Crippen molar-refractivity contribution in [1.82, 2.24) is 14.7 Å². The van der Waals surface area contributed by atoms with E-state index in [4.69, 9.17) is 0 Å². The van der Waals surface area contributed by atoms with E-state index in [-0.39, 0.29) is 10.4 Å². The van der Waals surface area contributed by atoms with E-state index in [0.29, 0.717) is 11.4 Å². The van der Waals surface area contributed by atoms with Gasteiger partial charge in [0.05, 0.1) is 0 Å². The van der Waals surface area contributed by atoms with Gasteiger partial charge in [0.2, 0.25) is 5.95 Å². The van der Waals surface area contributed by atoms with E-state index in [1.807, 2.05) is 15.9 Å². The lowest BCUT2D eigenvalue weighted by Gasteiger charge is -2.20. The van der Waals surface area contributed by atoms with E-state index in [9.17, 15) is 26.4 Å². The molecule has 1 unspecified atom stereocenters. The summed E-state index contributed by atoms with van der Waals surface area (Å²) >= 11 is 5.03. The molecular weight excluding hydrogens is 549 g/mol. The number of aromatic nitrogens is 2. The van der Waals surface area contributed by atoms with Crippen LogP contribution in [0.1, 0.15) is 11.4 Å². The van der Waals surface area contributed by atoms with Crippen LogP contribution in [0.4, 0.5) is 23.9 Å². The lowest BCUT2D eigenvalue weighted by molar-refractivity contribution is -0.196. The molecule has 0 aliphatic rings. The number of halogens is 5. The number of ether oxygens (including phenoxy) is 1. The summed E-state index contributed by atoms with van der Waals surface area (Å²) in [6.07, 6.45) is -4.37. The van der Waals surface area contributed by atoms with Gasteiger partial charge in [-0.05, 0) is 54.0 Å². The minimum Gasteiger partial charge on any atom is -0.428 e. The number of sulfonamides is 1. The molecule has 158 valence electrons. The molecule has 0 aliphatic carbocycles. The molecule has 2 aromatic rings. The number of rotatable bonds is 6. The molecule has 1 aromatic carbocycles. The van der Waals surface area contributed by atoms with Gasteiger partial charge in [-0.1, -0.05) is 15.9 Å². The van der Waals surface area contributed by atoms with Crippen molar-refractivity contribution in [2.24, 2.45) is 0 Å². The lowest BCUT2D eigenvalue weighted by Crippen LogP contribution is -2.36. The van der Waals surface area contributed by atoms with Crippen molar-refractivity contribution < 1.29 is 31.1 Å². The average molecular weight is 562 g/mol. The smallest absolute Gasteiger partial charge is 0.428 e. The first-order valence-corrected chi connectivity index (χ1v) is 10.8. The number of carbonyl (C=O) groups is 1. The second kappa shape index (κ2) is 8.83. The molecule has 14 heteroatoms. The Hall–Kier alpha value is -1.93. The van der Waals surface area contributed by atoms with Gasteiger partial charge in [-0.2, -0.15) is 8.78 Å². The number of hydrogen-bond donors (Lipinski definition) is 2. The van der Waals surface area contributed by atoms with Crippen LogP contribution in [0.5, 0.6) is 5.75 Å². The van der Waals surface area contributed by atoms with E-state index < -0.39 is 37.9 Å². The van der Waals surface area contributed by atoms with Crippen molar-refractivity contribution >= 4 is 53.9 Å². The van der Waals surface area contributed by atoms with E-state index in [2.05, 4.69) is 36.0 Å². The molecule has 0 saturated heterocycles. The van der Waals surface area contributed by atoms with Crippen LogP contribution in [0.3, 0.4) is 0 Å². The Bertz CT molecular complexity index is 1020. The van der Waals surface area contributed by atoms with E-state index in [1.54, 1.807) is 24.6 Å². The lowest BCUT2D eigenvalue weighted by atomic mass is 10.3. The molecule has 0 radical (unpaired) electrons. The maximum Gasteiger partial charge on any atom is 0.440 e. The molecule has 0 saturated carbocycles. The summed E-state index contributed by atoms with van der Waals surface area (Å²) in [6, 6.07) is 3.39. The van der Waals surface area contributed by atoms with Crippen LogP contribution in [0.15, 0.2) is 33.6 Å². The fraction of sp³-hybridized carbons (Fsp3) is 0.267. The fourth-order valence-electron chi connectivity index (χ4n) is 2.05. The van der Waals surface area contributed by atoms with Crippen LogP contribution < -0.4 is 14.8 Å². The van der Waals surface area contributed by atoms with Crippen molar-refractivity contribution in [3.05, 3.63) is 40.1 Å². The molecule has 2 N–H and O–H groups in total. The van der Waals surface area contributed by atoms with Crippen LogP contribution >= 0.6 is 31.9 Å². The first-order valence-electron chi connectivity index (χ1n) is 7.61. The third kappa shape index (κ3) is 6.27. The number of nitrogens with one attached hydrogen (secondary N) is 2. The summed E-state index contributed by atoms with van der Waals surface area (Å²) < 4.78 is 71.2. The molecule has 2 rings (SSSR count). The molecule has 0 spiro atoms. The number of carbonyl (C=O) groups excluding carboxylic acids is 1. The fourth-order valence-corrected chi connectivity index (χ4v) is 3.72. The van der Waals surface area contributed by atoms with Crippen LogP contribution in [-0.2, 0) is 10.0 Å². The Labute approximate surface area is 180 Å². The maximum absolute atomic E-state index is 13.6. The Morgan fingerprint density at radius 2 is 1.79 bits per heavy atom. The topological polar surface area (TPSA) is 110 Å². The van der Waals surface area contributed by atoms with E-state index in [1.165, 1.54) is 6.07 Å². The summed E-state index contributed by atoms with van der Waals surface area (Å²) in [6.45, 7) is 3.28. The molecule has 0 fully saturated rings. The minimum atomic E-state index is -4.69. The number of urea groups is 1. The van der Waals surface area contributed by atoms with Gasteiger partial charge in [0.1, 0.15) is 10.6 Å². The zero-order valence-electron chi connectivity index (χ0n) is 14.7. The monoisotopic (exact) mass is 560 g/mol. The average Bonchev–Trinajstić information content (AvgIpc) is 2.54. The number of hydrogen-bond acceptors (Lipinski definition) is 6. The number of anilines is 1. The summed E-state index contributed by atoms with van der Waals surface area (Å²) in [5.41, 5.74) is 1.05. The molecular formula is C15H13Br2F3N4O4S. The predicted octanol–water partition coefficient (Wildman–Crippen LogP) is 4.03. The summed E-state index contributed by atoms with van der Waals surface area (Å²) in [5, 5.41) is -0.766. The maximum atomic E-state index is 13.6. The normalized spacial score (nSPS) is 12.9. The first-order chi connectivity index (χ1) is 13.3. The van der Waals surface area contributed by atoms with Crippen LogP contribution in [0.25, 0.3) is 0 Å². The molecule has 1 heterocycles. The summed E-state index contributed by atoms with van der Waals surface area (Å²) in [4.78, 5) is 19.1. The third-order valence-electron chi connectivity index (χ3n) is 3.13. The molecule has 29 heavy (non-hydrogen) atoms.